The van der Waals surface area contributed by atoms with Gasteiger partial charge >= 0.3 is 0 Å². The minimum atomic E-state index is 0.108. The smallest absolute Gasteiger partial charge is 0.118 e. The molecular weight excluding hydrogens is 250 g/mol. The topological polar surface area (TPSA) is 0 Å². The first-order valence-electron chi connectivity index (χ1n) is 8.83. The van der Waals surface area contributed by atoms with E-state index in [4.69, 9.17) is 0 Å². The monoisotopic (exact) mass is 288 g/mol. The van der Waals surface area contributed by atoms with Crippen molar-refractivity contribution in [3.63, 3.8) is 0 Å². The standard InChI is InChI=1S/C19H38B2/c1-11-14-18(8,9)21-19(10,13-3)15(4)20-16(12-2)17(5,6)7/h16H,4,11-14H2,1-3,5-10H3. The van der Waals surface area contributed by atoms with Crippen LogP contribution in [-0.2, 0) is 0 Å². The van der Waals surface area contributed by atoms with Crippen molar-refractivity contribution in [1.29, 1.82) is 0 Å². The van der Waals surface area contributed by atoms with E-state index >= 15 is 0 Å². The maximum Gasteiger partial charge on any atom is 0.148 e. The lowest BCUT2D eigenvalue weighted by molar-refractivity contribution is 0.370. The van der Waals surface area contributed by atoms with Gasteiger partial charge in [-0.1, -0.05) is 99.1 Å². The van der Waals surface area contributed by atoms with Crippen LogP contribution in [0.4, 0.5) is 0 Å². The predicted molar refractivity (Wildman–Crippen MR) is 102 cm³/mol. The van der Waals surface area contributed by atoms with Crippen LogP contribution in [0.2, 0.25) is 16.4 Å². The van der Waals surface area contributed by atoms with Crippen LogP contribution < -0.4 is 0 Å². The molecule has 21 heavy (non-hydrogen) atoms. The van der Waals surface area contributed by atoms with E-state index in [1.54, 1.807) is 0 Å². The zero-order valence-corrected chi connectivity index (χ0v) is 16.3. The maximum absolute atomic E-state index is 4.46. The number of hydrogen-bond donors (Lipinski definition) is 0. The van der Waals surface area contributed by atoms with Gasteiger partial charge in [0.2, 0.25) is 0 Å². The van der Waals surface area contributed by atoms with Gasteiger partial charge in [-0.2, -0.15) is 0 Å². The molecule has 0 aliphatic carbocycles. The first-order chi connectivity index (χ1) is 9.41. The second-order valence-corrected chi connectivity index (χ2v) is 8.73. The molecule has 0 fully saturated rings. The maximum atomic E-state index is 4.46. The summed E-state index contributed by atoms with van der Waals surface area (Å²) >= 11 is 0. The van der Waals surface area contributed by atoms with Gasteiger partial charge in [0.05, 0.1) is 0 Å². The second kappa shape index (κ2) is 7.93. The third kappa shape index (κ3) is 6.66. The Balaban J connectivity index is 5.04. The summed E-state index contributed by atoms with van der Waals surface area (Å²) < 4.78 is 0. The fourth-order valence-corrected chi connectivity index (χ4v) is 3.41. The summed E-state index contributed by atoms with van der Waals surface area (Å²) in [5, 5.41) is 0.386. The summed E-state index contributed by atoms with van der Waals surface area (Å²) in [7, 11) is 5.00. The molecule has 0 heterocycles. The third-order valence-electron chi connectivity index (χ3n) is 5.03. The Morgan fingerprint density at radius 1 is 1.00 bits per heavy atom. The number of rotatable bonds is 9. The molecule has 0 N–H and O–H groups in total. The Labute approximate surface area is 137 Å². The van der Waals surface area contributed by atoms with Crippen molar-refractivity contribution >= 4 is 14.6 Å². The van der Waals surface area contributed by atoms with Crippen LogP contribution in [0, 0.1) is 5.41 Å². The highest BCUT2D eigenvalue weighted by Gasteiger charge is 2.36. The Kier molecular flexibility index (Phi) is 7.88. The van der Waals surface area contributed by atoms with E-state index in [9.17, 15) is 0 Å². The molecule has 2 heteroatoms. The van der Waals surface area contributed by atoms with Crippen molar-refractivity contribution in [2.45, 2.75) is 104 Å². The first-order valence-corrected chi connectivity index (χ1v) is 8.83. The van der Waals surface area contributed by atoms with E-state index in [1.165, 1.54) is 24.7 Å². The third-order valence-corrected chi connectivity index (χ3v) is 5.03. The van der Waals surface area contributed by atoms with Crippen molar-refractivity contribution in [3.8, 4) is 0 Å². The molecule has 0 aromatic heterocycles. The average molecular weight is 288 g/mol. The van der Waals surface area contributed by atoms with E-state index in [0.717, 1.165) is 6.42 Å². The quantitative estimate of drug-likeness (QED) is 0.412. The molecule has 0 saturated carbocycles. The van der Waals surface area contributed by atoms with Gasteiger partial charge in [0.1, 0.15) is 14.6 Å². The molecule has 0 amide bonds. The summed E-state index contributed by atoms with van der Waals surface area (Å²) in [5.74, 6) is 0.596. The molecule has 2 atom stereocenters. The van der Waals surface area contributed by atoms with E-state index in [1.807, 2.05) is 0 Å². The number of hydrogen-bond acceptors (Lipinski definition) is 0. The van der Waals surface area contributed by atoms with Crippen molar-refractivity contribution in [3.05, 3.63) is 12.1 Å². The van der Waals surface area contributed by atoms with E-state index in [-0.39, 0.29) is 10.6 Å². The van der Waals surface area contributed by atoms with Gasteiger partial charge < -0.3 is 0 Å². The molecule has 0 aliphatic rings. The Morgan fingerprint density at radius 2 is 1.52 bits per heavy atom. The molecule has 0 aromatic rings. The molecule has 0 nitrogen and oxygen atoms in total. The highest BCUT2D eigenvalue weighted by atomic mass is 14.3. The zero-order chi connectivity index (χ0) is 16.9. The highest BCUT2D eigenvalue weighted by molar-refractivity contribution is 6.55. The lowest BCUT2D eigenvalue weighted by atomic mass is 9.31. The molecule has 0 rings (SSSR count). The molecule has 2 radical (unpaired) electrons. The van der Waals surface area contributed by atoms with Crippen molar-refractivity contribution in [1.82, 2.24) is 0 Å². The molecule has 0 aliphatic heterocycles. The number of allylic oxidation sites excluding steroid dienone is 1. The Bertz CT molecular complexity index is 325. The summed E-state index contributed by atoms with van der Waals surface area (Å²) in [6.07, 6.45) is 4.78. The SMILES string of the molecule is C=C([B]C(CC)C(C)(C)C)C(C)([B]C(C)(C)CCC)CC. The first kappa shape index (κ1) is 20.9. The Hall–Kier alpha value is -0.130. The second-order valence-electron chi connectivity index (χ2n) is 8.73. The minimum absolute atomic E-state index is 0.108. The summed E-state index contributed by atoms with van der Waals surface area (Å²) in [4.78, 5) is 0. The Morgan fingerprint density at radius 3 is 1.86 bits per heavy atom. The van der Waals surface area contributed by atoms with E-state index in [2.05, 4.69) is 83.5 Å². The summed E-state index contributed by atoms with van der Waals surface area (Å²) in [5.41, 5.74) is 1.61. The highest BCUT2D eigenvalue weighted by Crippen LogP contribution is 2.47. The molecule has 2 unspecified atom stereocenters. The van der Waals surface area contributed by atoms with Crippen LogP contribution in [-0.4, -0.2) is 14.6 Å². The molecule has 0 spiro atoms. The molecule has 0 bridgehead atoms. The van der Waals surface area contributed by atoms with Gasteiger partial charge in [0.15, 0.2) is 0 Å². The van der Waals surface area contributed by atoms with Crippen LogP contribution in [0.25, 0.3) is 0 Å². The van der Waals surface area contributed by atoms with Crippen LogP contribution in [0.15, 0.2) is 12.1 Å². The fraction of sp³-hybridized carbons (Fsp3) is 0.895. The van der Waals surface area contributed by atoms with Crippen LogP contribution in [0.1, 0.15) is 88.0 Å². The zero-order valence-electron chi connectivity index (χ0n) is 16.3. The molecular formula is C19H38B2. The molecule has 120 valence electrons. The van der Waals surface area contributed by atoms with Crippen LogP contribution in [0.5, 0.6) is 0 Å². The average Bonchev–Trinajstić information content (AvgIpc) is 2.33. The lowest BCUT2D eigenvalue weighted by Crippen LogP contribution is -2.32. The normalized spacial score (nSPS) is 17.0. The fourth-order valence-electron chi connectivity index (χ4n) is 3.41. The van der Waals surface area contributed by atoms with Gasteiger partial charge in [-0.05, 0) is 10.7 Å². The predicted octanol–water partition coefficient (Wildman–Crippen LogP) is 6.74. The van der Waals surface area contributed by atoms with Gasteiger partial charge in [-0.15, -0.1) is 12.1 Å². The van der Waals surface area contributed by atoms with Gasteiger partial charge in [-0.25, -0.2) is 0 Å². The largest absolute Gasteiger partial charge is 0.148 e. The molecule has 0 aromatic carbocycles. The van der Waals surface area contributed by atoms with Crippen molar-refractivity contribution in [2.75, 3.05) is 0 Å². The molecule has 0 saturated heterocycles. The van der Waals surface area contributed by atoms with Gasteiger partial charge in [-0.3, -0.25) is 0 Å². The van der Waals surface area contributed by atoms with Crippen molar-refractivity contribution in [2.24, 2.45) is 5.41 Å². The minimum Gasteiger partial charge on any atom is -0.118 e. The van der Waals surface area contributed by atoms with E-state index < -0.39 is 0 Å². The van der Waals surface area contributed by atoms with Crippen molar-refractivity contribution < 1.29 is 0 Å². The lowest BCUT2D eigenvalue weighted by Gasteiger charge is -2.40. The van der Waals surface area contributed by atoms with Crippen LogP contribution >= 0.6 is 0 Å². The summed E-state index contributed by atoms with van der Waals surface area (Å²) in [6, 6.07) is 0. The van der Waals surface area contributed by atoms with Gasteiger partial charge in [0, 0.05) is 0 Å². The van der Waals surface area contributed by atoms with Gasteiger partial charge in [0.25, 0.3) is 0 Å². The van der Waals surface area contributed by atoms with E-state index in [0.29, 0.717) is 11.2 Å². The summed E-state index contributed by atoms with van der Waals surface area (Å²) in [6.45, 7) is 25.4. The van der Waals surface area contributed by atoms with Crippen LogP contribution in [0.3, 0.4) is 0 Å².